The highest BCUT2D eigenvalue weighted by atomic mass is 127. The molecule has 0 aromatic heterocycles. The van der Waals surface area contributed by atoms with Crippen molar-refractivity contribution in [3.8, 4) is 6.07 Å². The van der Waals surface area contributed by atoms with Crippen molar-refractivity contribution in [3.05, 3.63) is 66.7 Å². The summed E-state index contributed by atoms with van der Waals surface area (Å²) in [5, 5.41) is 9.85. The summed E-state index contributed by atoms with van der Waals surface area (Å²) in [7, 11) is 0. The quantitative estimate of drug-likeness (QED) is 0.467. The van der Waals surface area contributed by atoms with E-state index in [2.05, 4.69) is 44.6 Å². The van der Waals surface area contributed by atoms with Crippen LogP contribution in [0, 0.1) is 14.9 Å². The van der Waals surface area contributed by atoms with E-state index in [0.717, 1.165) is 8.04 Å². The molecule has 0 saturated heterocycles. The van der Waals surface area contributed by atoms with Crippen molar-refractivity contribution < 1.29 is 4.79 Å². The number of Topliss-reactive ketones (excluding diaryl/α,β-unsaturated/α-hetero) is 1. The van der Waals surface area contributed by atoms with Crippen molar-refractivity contribution >= 4 is 55.9 Å². The lowest BCUT2D eigenvalue weighted by Crippen LogP contribution is -2.12. The molecule has 0 fully saturated rings. The standard InChI is InChI=1S/C15H8BrClINO/c16-12-4-2-1-3-10(12)11(8-19)15(20)9-5-6-14(18)13(17)7-9/h1-7,11H. The van der Waals surface area contributed by atoms with E-state index >= 15 is 0 Å². The predicted octanol–water partition coefficient (Wildman–Crippen LogP) is 5.20. The maximum absolute atomic E-state index is 12.5. The van der Waals surface area contributed by atoms with Crippen LogP contribution in [0.1, 0.15) is 21.8 Å². The van der Waals surface area contributed by atoms with Gasteiger partial charge in [-0.2, -0.15) is 5.26 Å². The van der Waals surface area contributed by atoms with Crippen molar-refractivity contribution in [1.29, 1.82) is 5.26 Å². The summed E-state index contributed by atoms with van der Waals surface area (Å²) in [5.41, 5.74) is 1.10. The Labute approximate surface area is 144 Å². The van der Waals surface area contributed by atoms with E-state index in [-0.39, 0.29) is 5.78 Å². The highest BCUT2D eigenvalue weighted by Gasteiger charge is 2.23. The third-order valence-corrected chi connectivity index (χ3v) is 5.11. The van der Waals surface area contributed by atoms with Gasteiger partial charge in [0.2, 0.25) is 0 Å². The van der Waals surface area contributed by atoms with Gasteiger partial charge in [0.25, 0.3) is 0 Å². The first-order valence-electron chi connectivity index (χ1n) is 5.68. The number of nitriles is 1. The van der Waals surface area contributed by atoms with Gasteiger partial charge in [-0.05, 0) is 46.4 Å². The second-order valence-electron chi connectivity index (χ2n) is 4.08. The molecule has 20 heavy (non-hydrogen) atoms. The highest BCUT2D eigenvalue weighted by molar-refractivity contribution is 14.1. The van der Waals surface area contributed by atoms with Gasteiger partial charge in [0.05, 0.1) is 11.1 Å². The summed E-state index contributed by atoms with van der Waals surface area (Å²) < 4.78 is 1.62. The predicted molar refractivity (Wildman–Crippen MR) is 91.0 cm³/mol. The number of hydrogen-bond donors (Lipinski definition) is 0. The second kappa shape index (κ2) is 6.70. The van der Waals surface area contributed by atoms with E-state index in [1.165, 1.54) is 0 Å². The van der Waals surface area contributed by atoms with Crippen LogP contribution in [0.15, 0.2) is 46.9 Å². The van der Waals surface area contributed by atoms with Crippen LogP contribution in [0.2, 0.25) is 5.02 Å². The molecule has 2 aromatic carbocycles. The maximum Gasteiger partial charge on any atom is 0.184 e. The molecule has 0 N–H and O–H groups in total. The van der Waals surface area contributed by atoms with Gasteiger partial charge >= 0.3 is 0 Å². The van der Waals surface area contributed by atoms with Gasteiger partial charge in [0.1, 0.15) is 5.92 Å². The number of halogens is 3. The number of hydrogen-bond acceptors (Lipinski definition) is 2. The maximum atomic E-state index is 12.5. The summed E-state index contributed by atoms with van der Waals surface area (Å²) >= 11 is 11.5. The van der Waals surface area contributed by atoms with Gasteiger partial charge in [-0.3, -0.25) is 4.79 Å². The smallest absolute Gasteiger partial charge is 0.184 e. The third kappa shape index (κ3) is 3.22. The Hall–Kier alpha value is -0.900. The van der Waals surface area contributed by atoms with Crippen LogP contribution >= 0.6 is 50.1 Å². The lowest BCUT2D eigenvalue weighted by atomic mass is 9.92. The van der Waals surface area contributed by atoms with Gasteiger partial charge < -0.3 is 0 Å². The molecular formula is C15H8BrClINO. The van der Waals surface area contributed by atoms with Crippen LogP contribution in [0.4, 0.5) is 0 Å². The average molecular weight is 460 g/mol. The van der Waals surface area contributed by atoms with Crippen LogP contribution in [-0.4, -0.2) is 5.78 Å². The number of benzene rings is 2. The summed E-state index contributed by atoms with van der Waals surface area (Å²) in [6, 6.07) is 14.4. The van der Waals surface area contributed by atoms with Gasteiger partial charge in [-0.15, -0.1) is 0 Å². The van der Waals surface area contributed by atoms with Crippen LogP contribution < -0.4 is 0 Å². The zero-order chi connectivity index (χ0) is 14.7. The van der Waals surface area contributed by atoms with Crippen molar-refractivity contribution in [2.24, 2.45) is 0 Å². The molecule has 1 atom stereocenters. The largest absolute Gasteiger partial charge is 0.292 e. The molecule has 100 valence electrons. The van der Waals surface area contributed by atoms with E-state index in [4.69, 9.17) is 11.6 Å². The van der Waals surface area contributed by atoms with Gasteiger partial charge in [-0.25, -0.2) is 0 Å². The Bertz CT molecular complexity index is 711. The fraction of sp³-hybridized carbons (Fsp3) is 0.0667. The lowest BCUT2D eigenvalue weighted by molar-refractivity contribution is 0.0978. The van der Waals surface area contributed by atoms with Crippen LogP contribution in [-0.2, 0) is 0 Å². The first-order chi connectivity index (χ1) is 9.54. The Morgan fingerprint density at radius 3 is 2.60 bits per heavy atom. The normalized spacial score (nSPS) is 11.7. The number of nitrogens with zero attached hydrogens (tertiary/aromatic N) is 1. The summed E-state index contributed by atoms with van der Waals surface area (Å²) in [4.78, 5) is 12.5. The van der Waals surface area contributed by atoms with E-state index in [9.17, 15) is 10.1 Å². The van der Waals surface area contributed by atoms with Crippen molar-refractivity contribution in [3.63, 3.8) is 0 Å². The summed E-state index contributed by atoms with van der Waals surface area (Å²) in [6.07, 6.45) is 0. The van der Waals surface area contributed by atoms with Gasteiger partial charge in [0, 0.05) is 13.6 Å². The molecule has 2 rings (SSSR count). The van der Waals surface area contributed by atoms with Crippen LogP contribution in [0.5, 0.6) is 0 Å². The molecule has 0 aliphatic carbocycles. The van der Waals surface area contributed by atoms with E-state index in [0.29, 0.717) is 16.1 Å². The molecule has 2 nitrogen and oxygen atoms in total. The first-order valence-corrected chi connectivity index (χ1v) is 7.93. The number of carbonyl (C=O) groups is 1. The molecule has 0 aliphatic rings. The molecule has 5 heteroatoms. The molecule has 2 aromatic rings. The summed E-state index contributed by atoms with van der Waals surface area (Å²) in [5.74, 6) is -1.10. The molecule has 1 unspecified atom stereocenters. The topological polar surface area (TPSA) is 40.9 Å². The Morgan fingerprint density at radius 1 is 1.30 bits per heavy atom. The third-order valence-electron chi connectivity index (χ3n) is 2.81. The van der Waals surface area contributed by atoms with E-state index in [1.54, 1.807) is 30.3 Å². The Morgan fingerprint density at radius 2 is 2.00 bits per heavy atom. The Balaban J connectivity index is 2.42. The number of carbonyl (C=O) groups excluding carboxylic acids is 1. The molecule has 0 amide bonds. The fourth-order valence-corrected chi connectivity index (χ4v) is 2.82. The zero-order valence-electron chi connectivity index (χ0n) is 10.1. The molecular weight excluding hydrogens is 452 g/mol. The summed E-state index contributed by atoms with van der Waals surface area (Å²) in [6.45, 7) is 0. The average Bonchev–Trinajstić information content (AvgIpc) is 2.44. The minimum atomic E-state index is -0.846. The molecule has 0 spiro atoms. The SMILES string of the molecule is N#CC(C(=O)c1ccc(I)c(Cl)c1)c1ccccc1Br. The lowest BCUT2D eigenvalue weighted by Gasteiger charge is -2.11. The fourth-order valence-electron chi connectivity index (χ4n) is 1.79. The zero-order valence-corrected chi connectivity index (χ0v) is 14.6. The highest BCUT2D eigenvalue weighted by Crippen LogP contribution is 2.29. The molecule has 0 aliphatic heterocycles. The molecule has 0 heterocycles. The number of ketones is 1. The monoisotopic (exact) mass is 459 g/mol. The first kappa shape index (κ1) is 15.5. The minimum absolute atomic E-state index is 0.252. The second-order valence-corrected chi connectivity index (χ2v) is 6.50. The van der Waals surface area contributed by atoms with Crippen molar-refractivity contribution in [2.75, 3.05) is 0 Å². The Kier molecular flexibility index (Phi) is 5.19. The van der Waals surface area contributed by atoms with Crippen LogP contribution in [0.3, 0.4) is 0 Å². The van der Waals surface area contributed by atoms with E-state index in [1.807, 2.05) is 12.1 Å². The van der Waals surface area contributed by atoms with Crippen molar-refractivity contribution in [1.82, 2.24) is 0 Å². The minimum Gasteiger partial charge on any atom is -0.292 e. The van der Waals surface area contributed by atoms with Gasteiger partial charge in [0.15, 0.2) is 5.78 Å². The van der Waals surface area contributed by atoms with Crippen molar-refractivity contribution in [2.45, 2.75) is 5.92 Å². The molecule has 0 bridgehead atoms. The van der Waals surface area contributed by atoms with E-state index < -0.39 is 5.92 Å². The molecule has 0 saturated carbocycles. The van der Waals surface area contributed by atoms with Crippen LogP contribution in [0.25, 0.3) is 0 Å². The molecule has 0 radical (unpaired) electrons. The number of rotatable bonds is 3. The van der Waals surface area contributed by atoms with Gasteiger partial charge in [-0.1, -0.05) is 51.8 Å².